The second-order valence-electron chi connectivity index (χ2n) is 4.00. The van der Waals surface area contributed by atoms with Crippen LogP contribution in [0.25, 0.3) is 0 Å². The molecule has 0 spiro atoms. The van der Waals surface area contributed by atoms with E-state index in [1.54, 1.807) is 0 Å². The number of nitrogens with two attached hydrogens (primary N) is 1. The molecular formula is C13H18N4. The summed E-state index contributed by atoms with van der Waals surface area (Å²) in [5.41, 5.74) is 6.78. The average molecular weight is 230 g/mol. The highest BCUT2D eigenvalue weighted by Crippen LogP contribution is 2.11. The van der Waals surface area contributed by atoms with Crippen molar-refractivity contribution in [2.75, 3.05) is 6.54 Å². The lowest BCUT2D eigenvalue weighted by Gasteiger charge is -2.26. The summed E-state index contributed by atoms with van der Waals surface area (Å²) in [4.78, 5) is 6.27. The molecule has 0 fully saturated rings. The Hall–Kier alpha value is -2.02. The number of aliphatic imine (C=N–C) groups is 1. The third kappa shape index (κ3) is 4.15. The van der Waals surface area contributed by atoms with Crippen LogP contribution >= 0.6 is 0 Å². The van der Waals surface area contributed by atoms with Crippen molar-refractivity contribution >= 4 is 11.6 Å². The number of nitrogens with zero attached hydrogens (tertiary/aromatic N) is 3. The Kier molecular flexibility index (Phi) is 5.02. The van der Waals surface area contributed by atoms with Gasteiger partial charge in [-0.05, 0) is 26.0 Å². The van der Waals surface area contributed by atoms with E-state index in [-0.39, 0.29) is 6.04 Å². The number of hydrogen-bond donors (Lipinski definition) is 1. The Morgan fingerprint density at radius 1 is 1.41 bits per heavy atom. The summed E-state index contributed by atoms with van der Waals surface area (Å²) in [6.45, 7) is 4.67. The van der Waals surface area contributed by atoms with Crippen LogP contribution in [0.4, 0.5) is 5.69 Å². The van der Waals surface area contributed by atoms with E-state index in [4.69, 9.17) is 11.0 Å². The van der Waals surface area contributed by atoms with Crippen LogP contribution in [-0.2, 0) is 0 Å². The third-order valence-electron chi connectivity index (χ3n) is 2.38. The molecule has 0 radical (unpaired) electrons. The topological polar surface area (TPSA) is 65.4 Å². The summed E-state index contributed by atoms with van der Waals surface area (Å²) in [5.74, 6) is 0.460. The molecule has 0 aromatic heterocycles. The molecule has 0 aliphatic heterocycles. The molecule has 1 aromatic rings. The number of nitriles is 1. The summed E-state index contributed by atoms with van der Waals surface area (Å²) in [6.07, 6.45) is 0.448. The SMILES string of the molecule is CC(C)N(CCC#N)C(N)=Nc1ccccc1. The lowest BCUT2D eigenvalue weighted by molar-refractivity contribution is 0.353. The first-order chi connectivity index (χ1) is 8.15. The quantitative estimate of drug-likeness (QED) is 0.637. The van der Waals surface area contributed by atoms with Crippen molar-refractivity contribution in [2.24, 2.45) is 10.7 Å². The first-order valence-corrected chi connectivity index (χ1v) is 5.68. The van der Waals surface area contributed by atoms with Crippen LogP contribution in [0.3, 0.4) is 0 Å². The van der Waals surface area contributed by atoms with Gasteiger partial charge in [0, 0.05) is 12.6 Å². The van der Waals surface area contributed by atoms with Gasteiger partial charge < -0.3 is 10.6 Å². The fourth-order valence-electron chi connectivity index (χ4n) is 1.51. The van der Waals surface area contributed by atoms with Crippen molar-refractivity contribution in [2.45, 2.75) is 26.3 Å². The summed E-state index contributed by atoms with van der Waals surface area (Å²) >= 11 is 0. The monoisotopic (exact) mass is 230 g/mol. The first-order valence-electron chi connectivity index (χ1n) is 5.68. The molecule has 0 atom stereocenters. The molecule has 0 heterocycles. The van der Waals surface area contributed by atoms with E-state index in [0.717, 1.165) is 5.69 Å². The van der Waals surface area contributed by atoms with Gasteiger partial charge in [-0.2, -0.15) is 5.26 Å². The molecular weight excluding hydrogens is 212 g/mol. The molecule has 0 bridgehead atoms. The molecule has 0 unspecified atom stereocenters. The number of para-hydroxylation sites is 1. The molecule has 17 heavy (non-hydrogen) atoms. The maximum atomic E-state index is 8.61. The number of rotatable bonds is 4. The largest absolute Gasteiger partial charge is 0.369 e. The van der Waals surface area contributed by atoms with Gasteiger partial charge in [-0.1, -0.05) is 18.2 Å². The highest BCUT2D eigenvalue weighted by atomic mass is 15.3. The number of hydrogen-bond acceptors (Lipinski definition) is 2. The molecule has 0 amide bonds. The second-order valence-corrected chi connectivity index (χ2v) is 4.00. The molecule has 90 valence electrons. The highest BCUT2D eigenvalue weighted by Gasteiger charge is 2.11. The molecule has 4 heteroatoms. The molecule has 1 rings (SSSR count). The molecule has 4 nitrogen and oxygen atoms in total. The number of benzene rings is 1. The normalized spacial score (nSPS) is 11.3. The maximum absolute atomic E-state index is 8.61. The smallest absolute Gasteiger partial charge is 0.196 e. The molecule has 0 saturated carbocycles. The molecule has 1 aromatic carbocycles. The standard InChI is InChI=1S/C13H18N4/c1-11(2)17(10-6-9-14)13(15)16-12-7-4-3-5-8-12/h3-5,7-8,11H,6,10H2,1-2H3,(H2,15,16). The van der Waals surface area contributed by atoms with Crippen LogP contribution in [-0.4, -0.2) is 23.4 Å². The maximum Gasteiger partial charge on any atom is 0.196 e. The van der Waals surface area contributed by atoms with Crippen molar-refractivity contribution in [1.29, 1.82) is 5.26 Å². The van der Waals surface area contributed by atoms with Gasteiger partial charge >= 0.3 is 0 Å². The summed E-state index contributed by atoms with van der Waals surface area (Å²) in [5, 5.41) is 8.61. The van der Waals surface area contributed by atoms with Gasteiger partial charge in [-0.3, -0.25) is 0 Å². The minimum absolute atomic E-state index is 0.232. The minimum atomic E-state index is 0.232. The van der Waals surface area contributed by atoms with Crippen LogP contribution < -0.4 is 5.73 Å². The van der Waals surface area contributed by atoms with E-state index in [2.05, 4.69) is 11.1 Å². The Labute approximate surface area is 102 Å². The Bertz CT molecular complexity index is 403. The van der Waals surface area contributed by atoms with Crippen molar-refractivity contribution in [1.82, 2.24) is 4.90 Å². The van der Waals surface area contributed by atoms with Gasteiger partial charge in [0.05, 0.1) is 18.2 Å². The van der Waals surface area contributed by atoms with Gasteiger partial charge in [0.15, 0.2) is 5.96 Å². The predicted octanol–water partition coefficient (Wildman–Crippen LogP) is 2.26. The van der Waals surface area contributed by atoms with Gasteiger partial charge in [-0.15, -0.1) is 0 Å². The predicted molar refractivity (Wildman–Crippen MR) is 69.8 cm³/mol. The molecule has 2 N–H and O–H groups in total. The Morgan fingerprint density at radius 3 is 2.59 bits per heavy atom. The van der Waals surface area contributed by atoms with Crippen LogP contribution in [0.15, 0.2) is 35.3 Å². The van der Waals surface area contributed by atoms with E-state index < -0.39 is 0 Å². The zero-order valence-electron chi connectivity index (χ0n) is 10.3. The fourth-order valence-corrected chi connectivity index (χ4v) is 1.51. The van der Waals surface area contributed by atoms with Crippen molar-refractivity contribution < 1.29 is 0 Å². The van der Waals surface area contributed by atoms with E-state index in [9.17, 15) is 0 Å². The van der Waals surface area contributed by atoms with E-state index in [1.807, 2.05) is 49.1 Å². The zero-order chi connectivity index (χ0) is 12.7. The zero-order valence-corrected chi connectivity index (χ0v) is 10.3. The van der Waals surface area contributed by atoms with Gasteiger partial charge in [0.25, 0.3) is 0 Å². The van der Waals surface area contributed by atoms with E-state index >= 15 is 0 Å². The van der Waals surface area contributed by atoms with Gasteiger partial charge in [-0.25, -0.2) is 4.99 Å². The van der Waals surface area contributed by atoms with Crippen molar-refractivity contribution in [3.05, 3.63) is 30.3 Å². The molecule has 0 aliphatic rings. The van der Waals surface area contributed by atoms with E-state index in [0.29, 0.717) is 18.9 Å². The Morgan fingerprint density at radius 2 is 2.06 bits per heavy atom. The Balaban J connectivity index is 2.81. The first kappa shape index (κ1) is 13.0. The highest BCUT2D eigenvalue weighted by molar-refractivity contribution is 5.81. The van der Waals surface area contributed by atoms with Crippen LogP contribution in [0.1, 0.15) is 20.3 Å². The average Bonchev–Trinajstić information content (AvgIpc) is 2.30. The van der Waals surface area contributed by atoms with Gasteiger partial charge in [0.1, 0.15) is 0 Å². The lowest BCUT2D eigenvalue weighted by Crippen LogP contribution is -2.42. The summed E-state index contributed by atoms with van der Waals surface area (Å²) in [6, 6.07) is 11.9. The molecule has 0 aliphatic carbocycles. The van der Waals surface area contributed by atoms with Crippen molar-refractivity contribution in [3.8, 4) is 6.07 Å². The second kappa shape index (κ2) is 6.54. The summed E-state index contributed by atoms with van der Waals surface area (Å²) in [7, 11) is 0. The van der Waals surface area contributed by atoms with Crippen molar-refractivity contribution in [3.63, 3.8) is 0 Å². The summed E-state index contributed by atoms with van der Waals surface area (Å²) < 4.78 is 0. The fraction of sp³-hybridized carbons (Fsp3) is 0.385. The third-order valence-corrected chi connectivity index (χ3v) is 2.38. The van der Waals surface area contributed by atoms with Crippen LogP contribution in [0.2, 0.25) is 0 Å². The van der Waals surface area contributed by atoms with E-state index in [1.165, 1.54) is 0 Å². The van der Waals surface area contributed by atoms with Crippen LogP contribution in [0, 0.1) is 11.3 Å². The lowest BCUT2D eigenvalue weighted by atomic mass is 10.3. The number of guanidine groups is 1. The van der Waals surface area contributed by atoms with Gasteiger partial charge in [0.2, 0.25) is 0 Å². The molecule has 0 saturated heterocycles. The van der Waals surface area contributed by atoms with Crippen LogP contribution in [0.5, 0.6) is 0 Å². The minimum Gasteiger partial charge on any atom is -0.369 e.